The Bertz CT molecular complexity index is 191. The molecule has 56 valence electrons. The summed E-state index contributed by atoms with van der Waals surface area (Å²) in [5.74, 6) is -1.01. The summed E-state index contributed by atoms with van der Waals surface area (Å²) in [5.41, 5.74) is 0. The van der Waals surface area contributed by atoms with Gasteiger partial charge < -0.3 is 0 Å². The molecule has 11 heavy (non-hydrogen) atoms. The Morgan fingerprint density at radius 1 is 1.55 bits per heavy atom. The van der Waals surface area contributed by atoms with E-state index in [0.717, 1.165) is 6.34 Å². The van der Waals surface area contributed by atoms with Gasteiger partial charge in [-0.2, -0.15) is 5.06 Å². The second-order valence-corrected chi connectivity index (χ2v) is 2.00. The molecule has 6 heteroatoms. The molecule has 0 aliphatic carbocycles. The zero-order chi connectivity index (χ0) is 7.61. The van der Waals surface area contributed by atoms with Gasteiger partial charge in [0.05, 0.1) is 0 Å². The molecule has 0 atom stereocenters. The van der Waals surface area contributed by atoms with Crippen molar-refractivity contribution >= 4 is 18.8 Å². The molecule has 0 unspecified atom stereocenters. The molecule has 5 nitrogen and oxygen atoms in total. The molecule has 2 N–H and O–H groups in total. The van der Waals surface area contributed by atoms with E-state index < -0.39 is 5.79 Å². The maximum absolute atomic E-state index is 8.98. The molecule has 0 spiro atoms. The Hall–Kier alpha value is -0.607. The molecule has 0 bridgehead atoms. The summed E-state index contributed by atoms with van der Waals surface area (Å²) in [7, 11) is 0. The molecule has 1 aliphatic heterocycles. The van der Waals surface area contributed by atoms with Crippen LogP contribution < -0.4 is 0 Å². The number of hydrogen-bond acceptors (Lipinski definition) is 4. The van der Waals surface area contributed by atoms with Crippen LogP contribution in [0.2, 0.25) is 0 Å². The quantitative estimate of drug-likeness (QED) is 0.291. The molecule has 0 aromatic carbocycles. The van der Waals surface area contributed by atoms with Crippen LogP contribution in [0.25, 0.3) is 0 Å². The second-order valence-electron chi connectivity index (χ2n) is 2.00. The summed E-state index contributed by atoms with van der Waals surface area (Å²) in [6, 6.07) is 0. The monoisotopic (exact) mass is 204 g/mol. The molecular weight excluding hydrogens is 197 g/mol. The molecule has 0 aromatic heterocycles. The van der Waals surface area contributed by atoms with Crippen molar-refractivity contribution in [1.82, 2.24) is 5.06 Å². The first-order chi connectivity index (χ1) is 4.69. The fraction of sp³-hybridized carbons (Fsp3) is 0.400. The van der Waals surface area contributed by atoms with E-state index in [9.17, 15) is 0 Å². The van der Waals surface area contributed by atoms with Crippen LogP contribution in [-0.2, 0) is 19.5 Å². The number of aliphatic imine (C=N–C) groups is 2. The third-order valence-corrected chi connectivity index (χ3v) is 1.26. The van der Waals surface area contributed by atoms with Crippen molar-refractivity contribution in [3.05, 3.63) is 0 Å². The number of rotatable bonds is 2. The van der Waals surface area contributed by atoms with Gasteiger partial charge in [0, 0.05) is 38.8 Å². The predicted molar refractivity (Wildman–Crippen MR) is 37.8 cm³/mol. The standard InChI is InChI=1S/C5H8N4O.Zn/c1-5(9(10)4-6)7-2-3-8-5;/h2-4,6,10H,1H3;. The van der Waals surface area contributed by atoms with Gasteiger partial charge in [-0.15, -0.1) is 0 Å². The van der Waals surface area contributed by atoms with Gasteiger partial charge >= 0.3 is 0 Å². The summed E-state index contributed by atoms with van der Waals surface area (Å²) in [5, 5.41) is 16.3. The predicted octanol–water partition coefficient (Wildman–Crippen LogP) is 0.111. The number of nitrogens with zero attached hydrogens (tertiary/aromatic N) is 3. The first-order valence-corrected chi connectivity index (χ1v) is 2.77. The molecule has 1 rings (SSSR count). The van der Waals surface area contributed by atoms with Crippen LogP contribution >= 0.6 is 0 Å². The van der Waals surface area contributed by atoms with Crippen molar-refractivity contribution < 1.29 is 24.7 Å². The molecule has 1 heterocycles. The van der Waals surface area contributed by atoms with E-state index >= 15 is 0 Å². The van der Waals surface area contributed by atoms with Crippen molar-refractivity contribution in [2.45, 2.75) is 12.7 Å². The zero-order valence-electron chi connectivity index (χ0n) is 6.23. The molecule has 1 aliphatic rings. The third kappa shape index (κ3) is 1.91. The van der Waals surface area contributed by atoms with Gasteiger partial charge in [0.15, 0.2) is 0 Å². The van der Waals surface area contributed by atoms with E-state index in [-0.39, 0.29) is 19.5 Å². The van der Waals surface area contributed by atoms with Gasteiger partial charge in [0.25, 0.3) is 0 Å². The normalized spacial score (nSPS) is 17.6. The summed E-state index contributed by atoms with van der Waals surface area (Å²) in [6.45, 7) is 1.60. The van der Waals surface area contributed by atoms with Crippen LogP contribution in [-0.4, -0.2) is 34.8 Å². The van der Waals surface area contributed by atoms with Gasteiger partial charge in [0.1, 0.15) is 6.34 Å². The fourth-order valence-corrected chi connectivity index (χ4v) is 0.623. The van der Waals surface area contributed by atoms with Gasteiger partial charge in [-0.05, 0) is 0 Å². The Balaban J connectivity index is 0.000001000. The van der Waals surface area contributed by atoms with Gasteiger partial charge in [-0.3, -0.25) is 10.6 Å². The molecule has 0 saturated heterocycles. The van der Waals surface area contributed by atoms with Crippen LogP contribution in [0.5, 0.6) is 0 Å². The second kappa shape index (κ2) is 3.69. The van der Waals surface area contributed by atoms with Crippen molar-refractivity contribution in [1.29, 1.82) is 5.41 Å². The molecule has 0 aromatic rings. The molecule has 0 saturated carbocycles. The van der Waals surface area contributed by atoms with Crippen molar-refractivity contribution in [2.75, 3.05) is 0 Å². The number of hydroxylamine groups is 2. The minimum atomic E-state index is -1.01. The summed E-state index contributed by atoms with van der Waals surface area (Å²) in [4.78, 5) is 7.63. The van der Waals surface area contributed by atoms with Crippen LogP contribution in [0.4, 0.5) is 0 Å². The van der Waals surface area contributed by atoms with Crippen molar-refractivity contribution in [2.24, 2.45) is 9.98 Å². The third-order valence-electron chi connectivity index (χ3n) is 1.26. The minimum absolute atomic E-state index is 0. The minimum Gasteiger partial charge on any atom is -0.289 e. The van der Waals surface area contributed by atoms with E-state index in [0.29, 0.717) is 5.06 Å². The Morgan fingerprint density at radius 2 is 2.00 bits per heavy atom. The first-order valence-electron chi connectivity index (χ1n) is 2.77. The van der Waals surface area contributed by atoms with Crippen LogP contribution in [0.3, 0.4) is 0 Å². The van der Waals surface area contributed by atoms with Crippen LogP contribution in [0.15, 0.2) is 9.98 Å². The van der Waals surface area contributed by atoms with Gasteiger partial charge in [0.2, 0.25) is 5.79 Å². The maximum atomic E-state index is 8.98. The zero-order valence-corrected chi connectivity index (χ0v) is 9.20. The Kier molecular flexibility index (Phi) is 3.49. The SMILES string of the molecule is CC1(N(O)C=N)N=CC=N1.[Zn]. The average molecular weight is 206 g/mol. The molecule has 0 fully saturated rings. The van der Waals surface area contributed by atoms with E-state index in [2.05, 4.69) is 9.98 Å². The summed E-state index contributed by atoms with van der Waals surface area (Å²) < 4.78 is 0. The number of hydrogen-bond donors (Lipinski definition) is 2. The molecule has 0 radical (unpaired) electrons. The van der Waals surface area contributed by atoms with E-state index in [1.807, 2.05) is 0 Å². The van der Waals surface area contributed by atoms with E-state index in [1.54, 1.807) is 6.92 Å². The fourth-order valence-electron chi connectivity index (χ4n) is 0.623. The largest absolute Gasteiger partial charge is 0.289 e. The van der Waals surface area contributed by atoms with Crippen LogP contribution in [0, 0.1) is 5.41 Å². The summed E-state index contributed by atoms with van der Waals surface area (Å²) >= 11 is 0. The summed E-state index contributed by atoms with van der Waals surface area (Å²) in [6.07, 6.45) is 3.72. The molecule has 0 amide bonds. The maximum Gasteiger partial charge on any atom is 0.247 e. The van der Waals surface area contributed by atoms with Crippen molar-refractivity contribution in [3.63, 3.8) is 0 Å². The topological polar surface area (TPSA) is 72.0 Å². The van der Waals surface area contributed by atoms with Crippen molar-refractivity contribution in [3.8, 4) is 0 Å². The van der Waals surface area contributed by atoms with Gasteiger partial charge in [-0.25, -0.2) is 9.98 Å². The Labute approximate surface area is 77.1 Å². The smallest absolute Gasteiger partial charge is 0.247 e. The van der Waals surface area contributed by atoms with E-state index in [4.69, 9.17) is 10.6 Å². The average Bonchev–Trinajstić information content (AvgIpc) is 2.36. The van der Waals surface area contributed by atoms with E-state index in [1.165, 1.54) is 12.4 Å². The Morgan fingerprint density at radius 3 is 2.36 bits per heavy atom. The van der Waals surface area contributed by atoms with Gasteiger partial charge in [-0.1, -0.05) is 0 Å². The molecular formula is C5H8N4OZn. The number of nitrogens with one attached hydrogen (secondary N) is 1. The first kappa shape index (κ1) is 10.4. The van der Waals surface area contributed by atoms with Crippen LogP contribution in [0.1, 0.15) is 6.92 Å².